The van der Waals surface area contributed by atoms with Gasteiger partial charge in [-0.3, -0.25) is 13.9 Å². The number of sulfonamides is 1. The number of hydrogen-bond donors (Lipinski definition) is 1. The number of carbonyl (C=O) groups is 2. The molecule has 1 N–H and O–H groups in total. The molecule has 2 aromatic carbocycles. The van der Waals surface area contributed by atoms with Crippen LogP contribution in [0.5, 0.6) is 0 Å². The molecule has 0 aliphatic rings. The van der Waals surface area contributed by atoms with Gasteiger partial charge in [0.2, 0.25) is 21.8 Å². The summed E-state index contributed by atoms with van der Waals surface area (Å²) in [6, 6.07) is 8.33. The Morgan fingerprint density at radius 1 is 0.944 bits per heavy atom. The summed E-state index contributed by atoms with van der Waals surface area (Å²) in [5.41, 5.74) is 0.806. The first-order valence-electron chi connectivity index (χ1n) is 11.2. The molecule has 12 heteroatoms. The van der Waals surface area contributed by atoms with E-state index in [0.717, 1.165) is 10.6 Å². The van der Waals surface area contributed by atoms with Crippen LogP contribution in [0.25, 0.3) is 0 Å². The first-order valence-corrected chi connectivity index (χ1v) is 14.5. The van der Waals surface area contributed by atoms with Crippen molar-refractivity contribution in [2.75, 3.05) is 23.7 Å². The summed E-state index contributed by atoms with van der Waals surface area (Å²) in [4.78, 5) is 28.1. The van der Waals surface area contributed by atoms with Crippen molar-refractivity contribution in [2.24, 2.45) is 5.92 Å². The Kier molecular flexibility index (Phi) is 11.2. The molecular weight excluding hydrogens is 568 g/mol. The van der Waals surface area contributed by atoms with Crippen molar-refractivity contribution in [3.8, 4) is 0 Å². The van der Waals surface area contributed by atoms with Gasteiger partial charge < -0.3 is 10.2 Å². The minimum Gasteiger partial charge on any atom is -0.354 e. The largest absolute Gasteiger partial charge is 0.354 e. The quantitative estimate of drug-likeness (QED) is 0.363. The van der Waals surface area contributed by atoms with Crippen LogP contribution in [0.4, 0.5) is 5.69 Å². The topological polar surface area (TPSA) is 86.8 Å². The van der Waals surface area contributed by atoms with Crippen LogP contribution in [0.1, 0.15) is 32.8 Å². The Balaban J connectivity index is 2.46. The van der Waals surface area contributed by atoms with Gasteiger partial charge in [0, 0.05) is 13.1 Å². The van der Waals surface area contributed by atoms with E-state index < -0.39 is 28.5 Å². The van der Waals surface area contributed by atoms with Gasteiger partial charge in [-0.05, 0) is 48.2 Å². The van der Waals surface area contributed by atoms with Gasteiger partial charge in [-0.2, -0.15) is 0 Å². The predicted molar refractivity (Wildman–Crippen MR) is 148 cm³/mol. The molecule has 0 aliphatic carbocycles. The van der Waals surface area contributed by atoms with Crippen LogP contribution >= 0.6 is 46.4 Å². The maximum atomic E-state index is 13.6. The molecule has 0 spiro atoms. The van der Waals surface area contributed by atoms with Crippen molar-refractivity contribution in [1.82, 2.24) is 10.2 Å². The Hall–Kier alpha value is -1.71. The lowest BCUT2D eigenvalue weighted by atomic mass is 10.1. The molecule has 0 fully saturated rings. The fourth-order valence-corrected chi connectivity index (χ4v) is 4.89. The zero-order valence-corrected chi connectivity index (χ0v) is 24.2. The van der Waals surface area contributed by atoms with Crippen LogP contribution < -0.4 is 9.62 Å². The highest BCUT2D eigenvalue weighted by atomic mass is 35.5. The second kappa shape index (κ2) is 13.2. The van der Waals surface area contributed by atoms with E-state index in [1.807, 2.05) is 13.8 Å². The van der Waals surface area contributed by atoms with Gasteiger partial charge in [-0.1, -0.05) is 73.2 Å². The number of nitrogens with zero attached hydrogens (tertiary/aromatic N) is 2. The third-order valence-corrected chi connectivity index (χ3v) is 7.90. The first kappa shape index (κ1) is 30.5. The van der Waals surface area contributed by atoms with E-state index in [1.54, 1.807) is 25.1 Å². The SMILES string of the molecule is CC[C@@H](C(=O)NCC(C)C)N(Cc1ccc(Cl)c(Cl)c1)C(=O)CN(c1ccc(Cl)c(Cl)c1)S(C)(=O)=O. The summed E-state index contributed by atoms with van der Waals surface area (Å²) in [5.74, 6) is -0.703. The van der Waals surface area contributed by atoms with Crippen LogP contribution in [0.15, 0.2) is 36.4 Å². The number of hydrogen-bond acceptors (Lipinski definition) is 4. The molecule has 0 heterocycles. The Morgan fingerprint density at radius 3 is 2.03 bits per heavy atom. The fraction of sp³-hybridized carbons (Fsp3) is 0.417. The molecule has 2 rings (SSSR count). The minimum absolute atomic E-state index is 0.0162. The molecule has 1 atom stereocenters. The van der Waals surface area contributed by atoms with Crippen molar-refractivity contribution >= 4 is 73.9 Å². The highest BCUT2D eigenvalue weighted by molar-refractivity contribution is 7.92. The zero-order valence-electron chi connectivity index (χ0n) is 20.4. The number of anilines is 1. The van der Waals surface area contributed by atoms with E-state index >= 15 is 0 Å². The minimum atomic E-state index is -3.89. The molecule has 0 saturated carbocycles. The lowest BCUT2D eigenvalue weighted by molar-refractivity contribution is -0.140. The Labute approximate surface area is 232 Å². The summed E-state index contributed by atoms with van der Waals surface area (Å²) in [6.45, 7) is 5.60. The zero-order chi connectivity index (χ0) is 27.2. The molecular formula is C24H29Cl4N3O4S. The third kappa shape index (κ3) is 8.42. The molecule has 2 amide bonds. The van der Waals surface area contributed by atoms with Crippen molar-refractivity contribution in [1.29, 1.82) is 0 Å². The maximum Gasteiger partial charge on any atom is 0.244 e. The average molecular weight is 597 g/mol. The van der Waals surface area contributed by atoms with Gasteiger partial charge in [0.1, 0.15) is 12.6 Å². The van der Waals surface area contributed by atoms with Crippen molar-refractivity contribution in [3.05, 3.63) is 62.1 Å². The van der Waals surface area contributed by atoms with Crippen LogP contribution in [-0.2, 0) is 26.2 Å². The summed E-state index contributed by atoms with van der Waals surface area (Å²) >= 11 is 24.3. The molecule has 36 heavy (non-hydrogen) atoms. The molecule has 0 bridgehead atoms. The van der Waals surface area contributed by atoms with Gasteiger partial charge in [-0.25, -0.2) is 8.42 Å². The van der Waals surface area contributed by atoms with Crippen molar-refractivity contribution in [2.45, 2.75) is 39.8 Å². The molecule has 0 radical (unpaired) electrons. The lowest BCUT2D eigenvalue weighted by Gasteiger charge is -2.33. The number of amides is 2. The molecule has 0 aromatic heterocycles. The normalized spacial score (nSPS) is 12.4. The van der Waals surface area contributed by atoms with Gasteiger partial charge in [0.25, 0.3) is 0 Å². The molecule has 0 aliphatic heterocycles. The molecule has 7 nitrogen and oxygen atoms in total. The Bertz CT molecular complexity index is 1210. The summed E-state index contributed by atoms with van der Waals surface area (Å²) in [5, 5.41) is 3.89. The van der Waals surface area contributed by atoms with Crippen molar-refractivity contribution in [3.63, 3.8) is 0 Å². The van der Waals surface area contributed by atoms with E-state index in [-0.39, 0.29) is 34.1 Å². The highest BCUT2D eigenvalue weighted by Crippen LogP contribution is 2.29. The van der Waals surface area contributed by atoms with Gasteiger partial charge in [0.05, 0.1) is 32.0 Å². The van der Waals surface area contributed by atoms with Crippen molar-refractivity contribution < 1.29 is 18.0 Å². The number of rotatable bonds is 11. The second-order valence-electron chi connectivity index (χ2n) is 8.70. The average Bonchev–Trinajstić information content (AvgIpc) is 2.79. The fourth-order valence-electron chi connectivity index (χ4n) is 3.43. The van der Waals surface area contributed by atoms with Gasteiger partial charge >= 0.3 is 0 Å². The monoisotopic (exact) mass is 595 g/mol. The number of halogens is 4. The van der Waals surface area contributed by atoms with Crippen LogP contribution in [0.3, 0.4) is 0 Å². The van der Waals surface area contributed by atoms with Crippen LogP contribution in [-0.4, -0.2) is 50.5 Å². The number of benzene rings is 2. The van der Waals surface area contributed by atoms with E-state index in [9.17, 15) is 18.0 Å². The molecule has 2 aromatic rings. The molecule has 0 saturated heterocycles. The molecule has 0 unspecified atom stereocenters. The molecule has 198 valence electrons. The summed E-state index contributed by atoms with van der Waals surface area (Å²) in [6.07, 6.45) is 1.29. The van der Waals surface area contributed by atoms with Gasteiger partial charge in [-0.15, -0.1) is 0 Å². The predicted octanol–water partition coefficient (Wildman–Crippen LogP) is 5.65. The van der Waals surface area contributed by atoms with Crippen LogP contribution in [0.2, 0.25) is 20.1 Å². The van der Waals surface area contributed by atoms with E-state index in [4.69, 9.17) is 46.4 Å². The first-order chi connectivity index (χ1) is 16.7. The Morgan fingerprint density at radius 2 is 1.53 bits per heavy atom. The smallest absolute Gasteiger partial charge is 0.244 e. The van der Waals surface area contributed by atoms with E-state index in [2.05, 4.69) is 5.32 Å². The van der Waals surface area contributed by atoms with Crippen LogP contribution in [0, 0.1) is 5.92 Å². The van der Waals surface area contributed by atoms with E-state index in [1.165, 1.54) is 23.1 Å². The summed E-state index contributed by atoms with van der Waals surface area (Å²) < 4.78 is 26.2. The lowest BCUT2D eigenvalue weighted by Crippen LogP contribution is -2.52. The van der Waals surface area contributed by atoms with E-state index in [0.29, 0.717) is 28.6 Å². The maximum absolute atomic E-state index is 13.6. The third-order valence-electron chi connectivity index (χ3n) is 5.28. The second-order valence-corrected chi connectivity index (χ2v) is 12.2. The standard InChI is InChI=1S/C24H29Cl4N3O4S/c1-5-22(24(33)29-12-15(2)3)30(13-16-6-8-18(25)20(27)10-16)23(32)14-31(36(4,34)35)17-7-9-19(26)21(28)11-17/h6-11,15,22H,5,12-14H2,1-4H3,(H,29,33)/t22-/m0/s1. The van der Waals surface area contributed by atoms with Gasteiger partial charge in [0.15, 0.2) is 0 Å². The number of nitrogens with one attached hydrogen (secondary N) is 1. The summed E-state index contributed by atoms with van der Waals surface area (Å²) in [7, 11) is -3.89. The highest BCUT2D eigenvalue weighted by Gasteiger charge is 2.32. The number of carbonyl (C=O) groups excluding carboxylic acids is 2.